The molecule has 1 heterocycles. The highest BCUT2D eigenvalue weighted by molar-refractivity contribution is 6.00. The minimum absolute atomic E-state index is 0.138. The fourth-order valence-corrected chi connectivity index (χ4v) is 2.14. The molecule has 1 atom stereocenters. The van der Waals surface area contributed by atoms with Gasteiger partial charge in [0.05, 0.1) is 18.2 Å². The quantitative estimate of drug-likeness (QED) is 0.760. The molecule has 0 saturated carbocycles. The lowest BCUT2D eigenvalue weighted by Crippen LogP contribution is -2.45. The van der Waals surface area contributed by atoms with Gasteiger partial charge in [-0.05, 0) is 18.2 Å². The molecule has 1 aliphatic heterocycles. The summed E-state index contributed by atoms with van der Waals surface area (Å²) in [6.07, 6.45) is 0.436. The van der Waals surface area contributed by atoms with Gasteiger partial charge in [-0.25, -0.2) is 4.79 Å². The summed E-state index contributed by atoms with van der Waals surface area (Å²) in [6.45, 7) is 0.152. The molecule has 1 aromatic carbocycles. The summed E-state index contributed by atoms with van der Waals surface area (Å²) in [7, 11) is 1.41. The van der Waals surface area contributed by atoms with Crippen LogP contribution in [0.1, 0.15) is 12.0 Å². The van der Waals surface area contributed by atoms with Gasteiger partial charge in [0.2, 0.25) is 0 Å². The number of anilines is 1. The normalized spacial score (nSPS) is 17.4. The second kappa shape index (κ2) is 6.17. The number of amides is 1. The molecule has 1 amide bonds. The van der Waals surface area contributed by atoms with Crippen molar-refractivity contribution in [1.29, 1.82) is 5.26 Å². The Morgan fingerprint density at radius 2 is 2.40 bits per heavy atom. The van der Waals surface area contributed by atoms with E-state index in [0.29, 0.717) is 17.7 Å². The Labute approximate surface area is 116 Å². The average Bonchev–Trinajstić information content (AvgIpc) is 2.86. The molecule has 0 N–H and O–H groups in total. The van der Waals surface area contributed by atoms with Crippen LogP contribution in [0.3, 0.4) is 0 Å². The Bertz CT molecular complexity index is 565. The molecule has 0 bridgehead atoms. The molecule has 0 aliphatic carbocycles. The van der Waals surface area contributed by atoms with E-state index in [1.165, 1.54) is 12.0 Å². The van der Waals surface area contributed by atoms with Crippen molar-refractivity contribution in [2.75, 3.05) is 25.2 Å². The van der Waals surface area contributed by atoms with Crippen LogP contribution in [0.2, 0.25) is 0 Å². The maximum atomic E-state index is 12.2. The summed E-state index contributed by atoms with van der Waals surface area (Å²) in [5, 5.41) is 8.93. The smallest absolute Gasteiger partial charge is 0.329 e. The van der Waals surface area contributed by atoms with Crippen molar-refractivity contribution < 1.29 is 19.1 Å². The van der Waals surface area contributed by atoms with Crippen LogP contribution in [-0.4, -0.2) is 38.2 Å². The number of esters is 1. The maximum absolute atomic E-state index is 12.2. The van der Waals surface area contributed by atoms with E-state index < -0.39 is 12.0 Å². The number of nitrogens with zero attached hydrogens (tertiary/aromatic N) is 2. The lowest BCUT2D eigenvalue weighted by atomic mass is 10.1. The van der Waals surface area contributed by atoms with Gasteiger partial charge in [0.25, 0.3) is 5.91 Å². The van der Waals surface area contributed by atoms with E-state index >= 15 is 0 Å². The van der Waals surface area contributed by atoms with Crippen LogP contribution in [0, 0.1) is 11.3 Å². The number of ether oxygens (including phenoxy) is 2. The topological polar surface area (TPSA) is 79.6 Å². The van der Waals surface area contributed by atoms with Gasteiger partial charge in [0.1, 0.15) is 12.6 Å². The summed E-state index contributed by atoms with van der Waals surface area (Å²) in [6, 6.07) is 7.90. The number of carbonyl (C=O) groups is 2. The number of hydrogen-bond acceptors (Lipinski definition) is 5. The minimum Gasteiger partial charge on any atom is -0.464 e. The number of carbonyl (C=O) groups excluding carboxylic acids is 2. The standard InChI is InChI=1S/C14H14N2O4/c1-19-9-13(17)16(12-5-6-20-14(12)18)11-4-2-3-10(7-11)8-15/h2-4,7,12H,5-6,9H2,1H3. The molecule has 1 fully saturated rings. The third-order valence-electron chi connectivity index (χ3n) is 3.01. The SMILES string of the molecule is COCC(=O)N(c1cccc(C#N)c1)C1CCOC1=O. The van der Waals surface area contributed by atoms with E-state index in [2.05, 4.69) is 0 Å². The second-order valence-electron chi connectivity index (χ2n) is 4.33. The highest BCUT2D eigenvalue weighted by atomic mass is 16.5. The van der Waals surface area contributed by atoms with Crippen LogP contribution in [0.25, 0.3) is 0 Å². The van der Waals surface area contributed by atoms with Crippen LogP contribution in [-0.2, 0) is 19.1 Å². The first-order valence-corrected chi connectivity index (χ1v) is 6.15. The molecule has 1 saturated heterocycles. The Morgan fingerprint density at radius 3 is 3.00 bits per heavy atom. The third kappa shape index (κ3) is 2.78. The van der Waals surface area contributed by atoms with Crippen molar-refractivity contribution in [2.24, 2.45) is 0 Å². The minimum atomic E-state index is -0.661. The first kappa shape index (κ1) is 14.0. The molecule has 0 aromatic heterocycles. The highest BCUT2D eigenvalue weighted by Gasteiger charge is 2.36. The van der Waals surface area contributed by atoms with Gasteiger partial charge in [-0.2, -0.15) is 5.26 Å². The molecular formula is C14H14N2O4. The van der Waals surface area contributed by atoms with Gasteiger partial charge < -0.3 is 9.47 Å². The van der Waals surface area contributed by atoms with Crippen molar-refractivity contribution >= 4 is 17.6 Å². The predicted molar refractivity (Wildman–Crippen MR) is 69.9 cm³/mol. The van der Waals surface area contributed by atoms with Gasteiger partial charge in [0, 0.05) is 19.2 Å². The molecule has 20 heavy (non-hydrogen) atoms. The fraction of sp³-hybridized carbons (Fsp3) is 0.357. The molecule has 0 spiro atoms. The largest absolute Gasteiger partial charge is 0.464 e. The van der Waals surface area contributed by atoms with E-state index in [4.69, 9.17) is 14.7 Å². The van der Waals surface area contributed by atoms with Crippen molar-refractivity contribution in [1.82, 2.24) is 0 Å². The lowest BCUT2D eigenvalue weighted by molar-refractivity contribution is -0.140. The zero-order chi connectivity index (χ0) is 14.5. The molecule has 104 valence electrons. The summed E-state index contributed by atoms with van der Waals surface area (Å²) < 4.78 is 9.76. The summed E-state index contributed by atoms with van der Waals surface area (Å²) in [5.74, 6) is -0.775. The number of rotatable bonds is 4. The first-order chi connectivity index (χ1) is 9.67. The summed E-state index contributed by atoms with van der Waals surface area (Å²) in [4.78, 5) is 25.3. The van der Waals surface area contributed by atoms with Gasteiger partial charge in [-0.15, -0.1) is 0 Å². The average molecular weight is 274 g/mol. The van der Waals surface area contributed by atoms with Gasteiger partial charge >= 0.3 is 5.97 Å². The Balaban J connectivity index is 2.37. The molecule has 1 aliphatic rings. The number of methoxy groups -OCH3 is 1. The van der Waals surface area contributed by atoms with Crippen LogP contribution >= 0.6 is 0 Å². The zero-order valence-corrected chi connectivity index (χ0v) is 11.0. The second-order valence-corrected chi connectivity index (χ2v) is 4.33. The van der Waals surface area contributed by atoms with E-state index in [1.54, 1.807) is 24.3 Å². The van der Waals surface area contributed by atoms with E-state index in [1.807, 2.05) is 6.07 Å². The lowest BCUT2D eigenvalue weighted by Gasteiger charge is -2.26. The Morgan fingerprint density at radius 1 is 1.60 bits per heavy atom. The Kier molecular flexibility index (Phi) is 4.33. The predicted octanol–water partition coefficient (Wildman–Crippen LogP) is 0.853. The molecule has 6 nitrogen and oxygen atoms in total. The number of hydrogen-bond donors (Lipinski definition) is 0. The van der Waals surface area contributed by atoms with Gasteiger partial charge in [0.15, 0.2) is 0 Å². The van der Waals surface area contributed by atoms with Crippen molar-refractivity contribution in [2.45, 2.75) is 12.5 Å². The van der Waals surface area contributed by atoms with Gasteiger partial charge in [-0.3, -0.25) is 9.69 Å². The molecule has 1 aromatic rings. The molecule has 6 heteroatoms. The van der Waals surface area contributed by atoms with E-state index in [9.17, 15) is 9.59 Å². The third-order valence-corrected chi connectivity index (χ3v) is 3.01. The van der Waals surface area contributed by atoms with Crippen molar-refractivity contribution in [3.8, 4) is 6.07 Å². The van der Waals surface area contributed by atoms with Gasteiger partial charge in [-0.1, -0.05) is 6.07 Å². The van der Waals surface area contributed by atoms with Crippen molar-refractivity contribution in [3.05, 3.63) is 29.8 Å². The molecular weight excluding hydrogens is 260 g/mol. The monoisotopic (exact) mass is 274 g/mol. The summed E-state index contributed by atoms with van der Waals surface area (Å²) >= 11 is 0. The van der Waals surface area contributed by atoms with E-state index in [-0.39, 0.29) is 19.1 Å². The number of cyclic esters (lactones) is 1. The van der Waals surface area contributed by atoms with Crippen LogP contribution in [0.15, 0.2) is 24.3 Å². The Hall–Kier alpha value is -2.39. The number of nitriles is 1. The highest BCUT2D eigenvalue weighted by Crippen LogP contribution is 2.24. The maximum Gasteiger partial charge on any atom is 0.329 e. The van der Waals surface area contributed by atoms with Crippen molar-refractivity contribution in [3.63, 3.8) is 0 Å². The molecule has 1 unspecified atom stereocenters. The van der Waals surface area contributed by atoms with Crippen LogP contribution in [0.5, 0.6) is 0 Å². The first-order valence-electron chi connectivity index (χ1n) is 6.15. The number of benzene rings is 1. The summed E-state index contributed by atoms with van der Waals surface area (Å²) in [5.41, 5.74) is 0.916. The van der Waals surface area contributed by atoms with Crippen LogP contribution < -0.4 is 4.90 Å². The van der Waals surface area contributed by atoms with Crippen LogP contribution in [0.4, 0.5) is 5.69 Å². The zero-order valence-electron chi connectivity index (χ0n) is 11.0. The molecule has 2 rings (SSSR count). The fourth-order valence-electron chi connectivity index (χ4n) is 2.14. The molecule has 0 radical (unpaired) electrons. The van der Waals surface area contributed by atoms with E-state index in [0.717, 1.165) is 0 Å².